The van der Waals surface area contributed by atoms with Crippen LogP contribution in [0.1, 0.15) is 99.1 Å². The van der Waals surface area contributed by atoms with Crippen molar-refractivity contribution in [2.45, 2.75) is 105 Å². The van der Waals surface area contributed by atoms with Gasteiger partial charge in [0.25, 0.3) is 0 Å². The molecular weight excluding hydrogens is 1040 g/mol. The number of esters is 2. The van der Waals surface area contributed by atoms with Crippen LogP contribution in [0.3, 0.4) is 0 Å². The molecule has 0 radical (unpaired) electrons. The second kappa shape index (κ2) is 28.6. The molecule has 7 rings (SSSR count). The number of amides is 4. The van der Waals surface area contributed by atoms with Gasteiger partial charge in [0.05, 0.1) is 29.1 Å². The summed E-state index contributed by atoms with van der Waals surface area (Å²) in [6, 6.07) is 57.8. The molecule has 0 aliphatic heterocycles. The summed E-state index contributed by atoms with van der Waals surface area (Å²) in [6.45, 7) is 4.77. The molecule has 1 aliphatic rings. The first-order chi connectivity index (χ1) is 38.6. The maximum absolute atomic E-state index is 14.9. The molecule has 1 saturated carbocycles. The number of thioether (sulfide) groups is 2. The van der Waals surface area contributed by atoms with Gasteiger partial charge in [0, 0.05) is 12.2 Å². The lowest BCUT2D eigenvalue weighted by molar-refractivity contribution is -0.155. The molecule has 0 saturated heterocycles. The van der Waals surface area contributed by atoms with Gasteiger partial charge in [-0.05, 0) is 92.0 Å². The van der Waals surface area contributed by atoms with E-state index in [4.69, 9.17) is 9.47 Å². The van der Waals surface area contributed by atoms with Gasteiger partial charge in [-0.1, -0.05) is 194 Å². The maximum Gasteiger partial charge on any atom is 0.325 e. The number of allylic oxidation sites excluding steroid dienone is 1. The number of aliphatic hydroxyl groups is 1. The first-order valence-electron chi connectivity index (χ1n) is 27.0. The number of benzene rings is 6. The molecule has 0 heterocycles. The topological polar surface area (TPSA) is 189 Å². The van der Waals surface area contributed by atoms with Crippen molar-refractivity contribution in [3.05, 3.63) is 228 Å². The summed E-state index contributed by atoms with van der Waals surface area (Å²) in [5.41, 5.74) is 3.87. The summed E-state index contributed by atoms with van der Waals surface area (Å²) >= 11 is 3.19. The molecule has 3 atom stereocenters. The van der Waals surface area contributed by atoms with E-state index in [0.717, 1.165) is 33.4 Å². The van der Waals surface area contributed by atoms with Crippen LogP contribution in [0.5, 0.6) is 0 Å². The standard InChI is InChI=1S/C65H72N4O9S2/c1-62(2,3)78-57(72)40-39-54(67-56(71)44-53(70)38-23-24-43-79-64(47-26-11-5-12-27-47,48-28-13-6-14-29-48)49-30-15-7-16-31-49)59(74)68-55(60(75)69-63(41-25-42-63)61(76)66-45-58(73)77-4)46-80-65(50-32-17-8-18-33-50,51-34-19-9-20-35-51)52-36-21-10-22-37-52/h5-23,26-38,53-55,70H,24-25,39-46H2,1-4H3,(H,66,76)(H,67,71)(H,68,74)(H,69,75)/b38-23+/t53-,54-,55-/m1/s1. The van der Waals surface area contributed by atoms with Crippen LogP contribution in [0.25, 0.3) is 0 Å². The lowest BCUT2D eigenvalue weighted by atomic mass is 9.75. The van der Waals surface area contributed by atoms with Crippen LogP contribution >= 0.6 is 23.5 Å². The number of hydrogen-bond acceptors (Lipinski definition) is 11. The summed E-state index contributed by atoms with van der Waals surface area (Å²) in [7, 11) is 1.21. The van der Waals surface area contributed by atoms with Crippen molar-refractivity contribution in [3.63, 3.8) is 0 Å². The Kier molecular flexibility index (Phi) is 21.5. The molecule has 5 N–H and O–H groups in total. The summed E-state index contributed by atoms with van der Waals surface area (Å²) in [6.07, 6.45) is 3.06. The van der Waals surface area contributed by atoms with E-state index in [2.05, 4.69) is 57.7 Å². The fourth-order valence-corrected chi connectivity index (χ4v) is 12.9. The Labute approximate surface area is 478 Å². The van der Waals surface area contributed by atoms with Crippen LogP contribution in [0.2, 0.25) is 0 Å². The van der Waals surface area contributed by atoms with Gasteiger partial charge in [0.1, 0.15) is 29.8 Å². The van der Waals surface area contributed by atoms with E-state index in [1.165, 1.54) is 18.9 Å². The molecule has 6 aromatic carbocycles. The van der Waals surface area contributed by atoms with Gasteiger partial charge < -0.3 is 35.8 Å². The highest BCUT2D eigenvalue weighted by atomic mass is 32.2. The normalized spacial score (nSPS) is 14.3. The third-order valence-electron chi connectivity index (χ3n) is 13.9. The minimum absolute atomic E-state index is 0.0478. The second-order valence-electron chi connectivity index (χ2n) is 20.7. The summed E-state index contributed by atoms with van der Waals surface area (Å²) < 4.78 is 8.87. The number of methoxy groups -OCH3 is 1. The number of rotatable bonds is 27. The zero-order valence-corrected chi connectivity index (χ0v) is 47.4. The van der Waals surface area contributed by atoms with Gasteiger partial charge >= 0.3 is 11.9 Å². The van der Waals surface area contributed by atoms with Gasteiger partial charge in [-0.2, -0.15) is 0 Å². The lowest BCUT2D eigenvalue weighted by Gasteiger charge is -2.42. The molecule has 418 valence electrons. The molecule has 1 fully saturated rings. The molecular formula is C65H72N4O9S2. The van der Waals surface area contributed by atoms with E-state index < -0.39 is 87.4 Å². The summed E-state index contributed by atoms with van der Waals surface area (Å²) in [4.78, 5) is 82.7. The predicted molar refractivity (Wildman–Crippen MR) is 316 cm³/mol. The number of carbonyl (C=O) groups is 6. The average Bonchev–Trinajstić information content (AvgIpc) is 3.54. The zero-order chi connectivity index (χ0) is 57.0. The van der Waals surface area contributed by atoms with Gasteiger partial charge in [-0.25, -0.2) is 0 Å². The fraction of sp³-hybridized carbons (Fsp3) is 0.323. The first-order valence-corrected chi connectivity index (χ1v) is 29.0. The molecule has 4 amide bonds. The Hall–Kier alpha value is -7.46. The van der Waals surface area contributed by atoms with E-state index in [1.54, 1.807) is 38.6 Å². The number of carbonyl (C=O) groups excluding carboxylic acids is 6. The van der Waals surface area contributed by atoms with Crippen molar-refractivity contribution < 1.29 is 43.3 Å². The number of hydrogen-bond donors (Lipinski definition) is 5. The highest BCUT2D eigenvalue weighted by Crippen LogP contribution is 2.50. The first kappa shape index (κ1) is 60.2. The van der Waals surface area contributed by atoms with E-state index in [1.807, 2.05) is 152 Å². The summed E-state index contributed by atoms with van der Waals surface area (Å²) in [5.74, 6) is -3.33. The molecule has 0 unspecified atom stereocenters. The summed E-state index contributed by atoms with van der Waals surface area (Å²) in [5, 5.41) is 22.5. The molecule has 80 heavy (non-hydrogen) atoms. The van der Waals surface area contributed by atoms with Gasteiger partial charge in [0.15, 0.2) is 0 Å². The fourth-order valence-electron chi connectivity index (χ4n) is 9.82. The number of nitrogens with one attached hydrogen (secondary N) is 4. The van der Waals surface area contributed by atoms with Crippen LogP contribution < -0.4 is 21.3 Å². The quantitative estimate of drug-likeness (QED) is 0.0143. The van der Waals surface area contributed by atoms with Gasteiger partial charge in [-0.3, -0.25) is 28.8 Å². The molecule has 0 aromatic heterocycles. The second-order valence-corrected chi connectivity index (χ2v) is 23.2. The van der Waals surface area contributed by atoms with E-state index in [9.17, 15) is 33.9 Å². The Morgan fingerprint density at radius 3 is 1.44 bits per heavy atom. The van der Waals surface area contributed by atoms with Crippen molar-refractivity contribution in [3.8, 4) is 0 Å². The Bertz CT molecular complexity index is 2800. The predicted octanol–water partition coefficient (Wildman–Crippen LogP) is 9.55. The minimum atomic E-state index is -1.38. The Morgan fingerprint density at radius 1 is 0.600 bits per heavy atom. The van der Waals surface area contributed by atoms with Gasteiger partial charge in [0.2, 0.25) is 23.6 Å². The average molecular weight is 1120 g/mol. The molecule has 0 spiro atoms. The Morgan fingerprint density at radius 2 is 1.04 bits per heavy atom. The molecule has 15 heteroatoms. The smallest absolute Gasteiger partial charge is 0.325 e. The van der Waals surface area contributed by atoms with Crippen LogP contribution in [-0.2, 0) is 47.7 Å². The Balaban J connectivity index is 1.13. The van der Waals surface area contributed by atoms with E-state index >= 15 is 0 Å². The van der Waals surface area contributed by atoms with Crippen molar-refractivity contribution in [2.24, 2.45) is 0 Å². The van der Waals surface area contributed by atoms with Crippen molar-refractivity contribution >= 4 is 59.1 Å². The third kappa shape index (κ3) is 15.7. The van der Waals surface area contributed by atoms with Crippen molar-refractivity contribution in [1.82, 2.24) is 21.3 Å². The molecule has 1 aliphatic carbocycles. The SMILES string of the molecule is COC(=O)CNC(=O)C1(NC(=O)[C@@H](CSC(c2ccccc2)(c2ccccc2)c2ccccc2)NC(=O)[C@@H](CCC(=O)OC(C)(C)C)NC(=O)C[C@H](O)/C=C/CCSC(c2ccccc2)(c2ccccc2)c2ccccc2)CCC1. The lowest BCUT2D eigenvalue weighted by Crippen LogP contribution is -2.66. The van der Waals surface area contributed by atoms with Crippen molar-refractivity contribution in [2.75, 3.05) is 25.2 Å². The number of ether oxygens (including phenoxy) is 2. The monoisotopic (exact) mass is 1120 g/mol. The van der Waals surface area contributed by atoms with Gasteiger partial charge in [-0.15, -0.1) is 23.5 Å². The van der Waals surface area contributed by atoms with Crippen LogP contribution in [-0.4, -0.2) is 95.2 Å². The minimum Gasteiger partial charge on any atom is -0.468 e. The maximum atomic E-state index is 14.9. The third-order valence-corrected chi connectivity index (χ3v) is 17.1. The van der Waals surface area contributed by atoms with Crippen LogP contribution in [0.4, 0.5) is 0 Å². The largest absolute Gasteiger partial charge is 0.468 e. The number of aliphatic hydroxyl groups excluding tert-OH is 1. The molecule has 0 bridgehead atoms. The highest BCUT2D eigenvalue weighted by Gasteiger charge is 2.47. The molecule has 13 nitrogen and oxygen atoms in total. The van der Waals surface area contributed by atoms with Crippen molar-refractivity contribution in [1.29, 1.82) is 0 Å². The van der Waals surface area contributed by atoms with E-state index in [-0.39, 0.29) is 31.4 Å². The highest BCUT2D eigenvalue weighted by molar-refractivity contribution is 8.00. The molecule has 6 aromatic rings. The van der Waals surface area contributed by atoms with Crippen LogP contribution in [0, 0.1) is 0 Å². The zero-order valence-electron chi connectivity index (χ0n) is 45.8. The van der Waals surface area contributed by atoms with Crippen LogP contribution in [0.15, 0.2) is 194 Å². The van der Waals surface area contributed by atoms with E-state index in [0.29, 0.717) is 18.6 Å².